The summed E-state index contributed by atoms with van der Waals surface area (Å²) >= 11 is 0. The van der Waals surface area contributed by atoms with Crippen molar-refractivity contribution in [3.8, 4) is 0 Å². The number of nitrogens with zero attached hydrogens (tertiary/aromatic N) is 1. The number of carbonyl (C=O) groups is 1. The molecule has 1 rings (SSSR count). The Bertz CT molecular complexity index is 311. The molecule has 0 radical (unpaired) electrons. The van der Waals surface area contributed by atoms with E-state index in [0.717, 1.165) is 32.1 Å². The topological polar surface area (TPSA) is 50.2 Å². The maximum atomic E-state index is 10.9. The van der Waals surface area contributed by atoms with Gasteiger partial charge in [0.05, 0.1) is 5.92 Å². The van der Waals surface area contributed by atoms with Crippen LogP contribution in [0.25, 0.3) is 0 Å². The third-order valence-corrected chi connectivity index (χ3v) is 2.73. The molecule has 1 aromatic rings. The lowest BCUT2D eigenvalue weighted by Crippen LogP contribution is -2.13. The van der Waals surface area contributed by atoms with Gasteiger partial charge in [0.15, 0.2) is 0 Å². The number of carboxylic acid groups (broad SMARTS) is 1. The van der Waals surface area contributed by atoms with Gasteiger partial charge in [-0.2, -0.15) is 0 Å². The number of aromatic nitrogens is 1. The molecule has 0 aliphatic rings. The zero-order valence-electron chi connectivity index (χ0n) is 9.72. The molecule has 0 bridgehead atoms. The molecule has 0 unspecified atom stereocenters. The minimum absolute atomic E-state index is 0.179. The first-order chi connectivity index (χ1) is 7.74. The standard InChI is InChI=1S/C13H19NO2/c1-2-5-12(13(15)16)8-3-6-11-7-4-9-14-10-11/h4,7,9-10,12H,2-3,5-6,8H2,1H3,(H,15,16)/t12-/m0/s1. The predicted molar refractivity (Wildman–Crippen MR) is 63.2 cm³/mol. The molecule has 1 atom stereocenters. The van der Waals surface area contributed by atoms with Crippen molar-refractivity contribution in [1.29, 1.82) is 0 Å². The molecule has 1 N–H and O–H groups in total. The fourth-order valence-electron chi connectivity index (χ4n) is 1.84. The fraction of sp³-hybridized carbons (Fsp3) is 0.538. The van der Waals surface area contributed by atoms with Gasteiger partial charge >= 0.3 is 5.97 Å². The highest BCUT2D eigenvalue weighted by atomic mass is 16.4. The van der Waals surface area contributed by atoms with Crippen molar-refractivity contribution in [1.82, 2.24) is 4.98 Å². The average molecular weight is 221 g/mol. The third kappa shape index (κ3) is 4.43. The fourth-order valence-corrected chi connectivity index (χ4v) is 1.84. The summed E-state index contributed by atoms with van der Waals surface area (Å²) in [6.45, 7) is 2.02. The molecule has 0 saturated heterocycles. The smallest absolute Gasteiger partial charge is 0.306 e. The van der Waals surface area contributed by atoms with Crippen LogP contribution in [0.15, 0.2) is 24.5 Å². The van der Waals surface area contributed by atoms with Gasteiger partial charge in [-0.05, 0) is 37.3 Å². The lowest BCUT2D eigenvalue weighted by molar-refractivity contribution is -0.142. The lowest BCUT2D eigenvalue weighted by Gasteiger charge is -2.10. The molecule has 0 fully saturated rings. The van der Waals surface area contributed by atoms with Crippen molar-refractivity contribution in [2.75, 3.05) is 0 Å². The second-order valence-corrected chi connectivity index (χ2v) is 4.08. The molecular weight excluding hydrogens is 202 g/mol. The molecule has 1 aromatic heterocycles. The number of rotatable bonds is 7. The van der Waals surface area contributed by atoms with Crippen molar-refractivity contribution >= 4 is 5.97 Å². The van der Waals surface area contributed by atoms with E-state index in [1.165, 1.54) is 5.56 Å². The van der Waals surface area contributed by atoms with Gasteiger partial charge in [-0.3, -0.25) is 9.78 Å². The lowest BCUT2D eigenvalue weighted by atomic mass is 9.96. The van der Waals surface area contributed by atoms with Gasteiger partial charge in [0.2, 0.25) is 0 Å². The molecule has 3 heteroatoms. The SMILES string of the molecule is CCC[C@@H](CCCc1cccnc1)C(=O)O. The van der Waals surface area contributed by atoms with Crippen LogP contribution in [0.2, 0.25) is 0 Å². The van der Waals surface area contributed by atoms with Gasteiger partial charge in [0, 0.05) is 12.4 Å². The summed E-state index contributed by atoms with van der Waals surface area (Å²) in [5.41, 5.74) is 1.18. The summed E-state index contributed by atoms with van der Waals surface area (Å²) in [4.78, 5) is 15.0. The Balaban J connectivity index is 2.31. The minimum atomic E-state index is -0.659. The van der Waals surface area contributed by atoms with Gasteiger partial charge < -0.3 is 5.11 Å². The van der Waals surface area contributed by atoms with Crippen LogP contribution < -0.4 is 0 Å². The molecule has 0 saturated carbocycles. The monoisotopic (exact) mass is 221 g/mol. The minimum Gasteiger partial charge on any atom is -0.481 e. The zero-order chi connectivity index (χ0) is 11.8. The van der Waals surface area contributed by atoms with Crippen LogP contribution >= 0.6 is 0 Å². The largest absolute Gasteiger partial charge is 0.481 e. The summed E-state index contributed by atoms with van der Waals surface area (Å²) in [5, 5.41) is 8.99. The Kier molecular flexibility index (Phi) is 5.54. The van der Waals surface area contributed by atoms with Crippen molar-refractivity contribution < 1.29 is 9.90 Å². The molecule has 16 heavy (non-hydrogen) atoms. The van der Waals surface area contributed by atoms with Gasteiger partial charge in [-0.15, -0.1) is 0 Å². The number of hydrogen-bond acceptors (Lipinski definition) is 2. The van der Waals surface area contributed by atoms with E-state index in [1.807, 2.05) is 25.3 Å². The van der Waals surface area contributed by atoms with E-state index in [1.54, 1.807) is 6.20 Å². The van der Waals surface area contributed by atoms with Crippen molar-refractivity contribution in [3.63, 3.8) is 0 Å². The molecule has 0 aliphatic carbocycles. The Morgan fingerprint density at radius 1 is 1.50 bits per heavy atom. The van der Waals surface area contributed by atoms with Crippen LogP contribution in [0.3, 0.4) is 0 Å². The first-order valence-electron chi connectivity index (χ1n) is 5.85. The van der Waals surface area contributed by atoms with E-state index in [9.17, 15) is 4.79 Å². The van der Waals surface area contributed by atoms with Crippen LogP contribution in [0.1, 0.15) is 38.2 Å². The second kappa shape index (κ2) is 6.99. The quantitative estimate of drug-likeness (QED) is 0.770. The van der Waals surface area contributed by atoms with Crippen molar-refractivity contribution in [2.45, 2.75) is 39.0 Å². The molecule has 88 valence electrons. The number of aryl methyl sites for hydroxylation is 1. The molecule has 3 nitrogen and oxygen atoms in total. The summed E-state index contributed by atoms with van der Waals surface area (Å²) in [6.07, 6.45) is 7.91. The van der Waals surface area contributed by atoms with Crippen LogP contribution in [0, 0.1) is 5.92 Å². The van der Waals surface area contributed by atoms with Crippen molar-refractivity contribution in [2.24, 2.45) is 5.92 Å². The Labute approximate surface area is 96.5 Å². The van der Waals surface area contributed by atoms with Crippen LogP contribution in [-0.2, 0) is 11.2 Å². The van der Waals surface area contributed by atoms with E-state index in [0.29, 0.717) is 0 Å². The normalized spacial score (nSPS) is 12.3. The molecule has 1 heterocycles. The van der Waals surface area contributed by atoms with Gasteiger partial charge in [-0.1, -0.05) is 19.4 Å². The first kappa shape index (κ1) is 12.7. The summed E-state index contributed by atoms with van der Waals surface area (Å²) in [7, 11) is 0. The average Bonchev–Trinajstić information content (AvgIpc) is 2.29. The maximum Gasteiger partial charge on any atom is 0.306 e. The number of hydrogen-bond donors (Lipinski definition) is 1. The van der Waals surface area contributed by atoms with Crippen LogP contribution in [0.4, 0.5) is 0 Å². The van der Waals surface area contributed by atoms with Crippen molar-refractivity contribution in [3.05, 3.63) is 30.1 Å². The van der Waals surface area contributed by atoms with E-state index >= 15 is 0 Å². The second-order valence-electron chi connectivity index (χ2n) is 4.08. The molecule has 0 spiro atoms. The number of pyridine rings is 1. The van der Waals surface area contributed by atoms with Gasteiger partial charge in [0.25, 0.3) is 0 Å². The Morgan fingerprint density at radius 2 is 2.31 bits per heavy atom. The molecule has 0 aromatic carbocycles. The maximum absolute atomic E-state index is 10.9. The Hall–Kier alpha value is -1.38. The van der Waals surface area contributed by atoms with Gasteiger partial charge in [-0.25, -0.2) is 0 Å². The summed E-state index contributed by atoms with van der Waals surface area (Å²) < 4.78 is 0. The summed E-state index contributed by atoms with van der Waals surface area (Å²) in [6, 6.07) is 3.94. The van der Waals surface area contributed by atoms with Gasteiger partial charge in [0.1, 0.15) is 0 Å². The first-order valence-corrected chi connectivity index (χ1v) is 5.85. The van der Waals surface area contributed by atoms with E-state index in [4.69, 9.17) is 5.11 Å². The highest BCUT2D eigenvalue weighted by Gasteiger charge is 2.15. The van der Waals surface area contributed by atoms with E-state index in [-0.39, 0.29) is 5.92 Å². The predicted octanol–water partition coefficient (Wildman–Crippen LogP) is 2.91. The van der Waals surface area contributed by atoms with Crippen LogP contribution in [-0.4, -0.2) is 16.1 Å². The van der Waals surface area contributed by atoms with Crippen LogP contribution in [0.5, 0.6) is 0 Å². The number of carboxylic acids is 1. The zero-order valence-corrected chi connectivity index (χ0v) is 9.72. The van der Waals surface area contributed by atoms with E-state index < -0.39 is 5.97 Å². The highest BCUT2D eigenvalue weighted by Crippen LogP contribution is 2.15. The van der Waals surface area contributed by atoms with E-state index in [2.05, 4.69) is 4.98 Å². The highest BCUT2D eigenvalue weighted by molar-refractivity contribution is 5.69. The molecule has 0 amide bonds. The Morgan fingerprint density at radius 3 is 2.88 bits per heavy atom. The summed E-state index contributed by atoms with van der Waals surface area (Å²) in [5.74, 6) is -0.838. The molecule has 0 aliphatic heterocycles. The number of aliphatic carboxylic acids is 1. The third-order valence-electron chi connectivity index (χ3n) is 2.73. The molecular formula is C13H19NO2.